The smallest absolute Gasteiger partial charge is 0.335 e. The van der Waals surface area contributed by atoms with Gasteiger partial charge in [0.25, 0.3) is 5.91 Å². The van der Waals surface area contributed by atoms with Gasteiger partial charge in [0, 0.05) is 31.5 Å². The summed E-state index contributed by atoms with van der Waals surface area (Å²) in [6, 6.07) is 5.97. The number of nitrogens with zero attached hydrogens (tertiary/aromatic N) is 1. The first-order valence-corrected chi connectivity index (χ1v) is 8.20. The Kier molecular flexibility index (Phi) is 4.41. The highest BCUT2D eigenvalue weighted by atomic mass is 19.1. The van der Waals surface area contributed by atoms with Crippen molar-refractivity contribution in [3.05, 3.63) is 41.2 Å². The lowest BCUT2D eigenvalue weighted by Crippen LogP contribution is -2.47. The lowest BCUT2D eigenvalue weighted by Gasteiger charge is -2.38. The molecular weight excluding hydrogens is 311 g/mol. The molecule has 0 aliphatic carbocycles. The third-order valence-electron chi connectivity index (χ3n) is 4.88. The molecule has 2 aliphatic heterocycles. The molecule has 0 saturated carbocycles. The van der Waals surface area contributed by atoms with E-state index in [1.165, 1.54) is 12.1 Å². The summed E-state index contributed by atoms with van der Waals surface area (Å²) in [5.41, 5.74) is -0.133. The van der Waals surface area contributed by atoms with Crippen LogP contribution in [-0.2, 0) is 14.3 Å². The van der Waals surface area contributed by atoms with E-state index < -0.39 is 23.3 Å². The number of hydrogen-bond donors (Lipinski definition) is 1. The van der Waals surface area contributed by atoms with Crippen molar-refractivity contribution in [3.8, 4) is 0 Å². The largest absolute Gasteiger partial charge is 0.450 e. The summed E-state index contributed by atoms with van der Waals surface area (Å²) in [6.45, 7) is 6.11. The van der Waals surface area contributed by atoms with Crippen LogP contribution in [0, 0.1) is 5.82 Å². The zero-order valence-corrected chi connectivity index (χ0v) is 13.9. The molecule has 1 amide bonds. The minimum atomic E-state index is -0.887. The molecule has 0 unspecified atom stereocenters. The van der Waals surface area contributed by atoms with Crippen molar-refractivity contribution < 1.29 is 18.7 Å². The highest BCUT2D eigenvalue weighted by molar-refractivity contribution is 6.12. The Hall–Kier alpha value is -2.21. The van der Waals surface area contributed by atoms with Crippen LogP contribution < -0.4 is 5.32 Å². The van der Waals surface area contributed by atoms with Gasteiger partial charge in [-0.15, -0.1) is 0 Å². The summed E-state index contributed by atoms with van der Waals surface area (Å²) in [4.78, 5) is 27.1. The monoisotopic (exact) mass is 332 g/mol. The van der Waals surface area contributed by atoms with Gasteiger partial charge in [0.1, 0.15) is 11.4 Å². The third-order valence-corrected chi connectivity index (χ3v) is 4.88. The molecule has 1 N–H and O–H groups in total. The van der Waals surface area contributed by atoms with Crippen molar-refractivity contribution in [2.75, 3.05) is 25.0 Å². The Balaban J connectivity index is 1.87. The Morgan fingerprint density at radius 3 is 2.62 bits per heavy atom. The third kappa shape index (κ3) is 2.82. The van der Waals surface area contributed by atoms with Gasteiger partial charge in [-0.3, -0.25) is 4.79 Å². The van der Waals surface area contributed by atoms with E-state index in [1.54, 1.807) is 19.1 Å². The Morgan fingerprint density at radius 2 is 2.00 bits per heavy atom. The number of para-hydroxylation sites is 1. The summed E-state index contributed by atoms with van der Waals surface area (Å²) in [6.07, 6.45) is 1.15. The number of rotatable bonds is 3. The predicted molar refractivity (Wildman–Crippen MR) is 87.9 cm³/mol. The molecule has 0 atom stereocenters. The first-order valence-electron chi connectivity index (χ1n) is 8.20. The standard InChI is InChI=1S/C18H21FN2O3/c1-3-21-10-8-18(9-11-21)15(12(2)17(23)24-18)16(22)20-14-7-5-4-6-13(14)19/h4-7H,3,8-11H2,1-2H3,(H,20,22). The molecule has 1 spiro atoms. The van der Waals surface area contributed by atoms with Crippen LogP contribution in [0.4, 0.5) is 10.1 Å². The van der Waals surface area contributed by atoms with E-state index in [0.29, 0.717) is 24.0 Å². The van der Waals surface area contributed by atoms with Crippen LogP contribution >= 0.6 is 0 Å². The summed E-state index contributed by atoms with van der Waals surface area (Å²) in [7, 11) is 0. The van der Waals surface area contributed by atoms with Crippen molar-refractivity contribution >= 4 is 17.6 Å². The fourth-order valence-corrected chi connectivity index (χ4v) is 3.46. The van der Waals surface area contributed by atoms with Gasteiger partial charge in [0.2, 0.25) is 0 Å². The summed E-state index contributed by atoms with van der Waals surface area (Å²) >= 11 is 0. The zero-order chi connectivity index (χ0) is 17.3. The number of esters is 1. The van der Waals surface area contributed by atoms with E-state index >= 15 is 0 Å². The van der Waals surface area contributed by atoms with Gasteiger partial charge >= 0.3 is 5.97 Å². The molecule has 0 radical (unpaired) electrons. The Bertz CT molecular complexity index is 706. The van der Waals surface area contributed by atoms with Crippen molar-refractivity contribution in [2.24, 2.45) is 0 Å². The van der Waals surface area contributed by atoms with Gasteiger partial charge in [0.15, 0.2) is 0 Å². The van der Waals surface area contributed by atoms with Crippen molar-refractivity contribution in [3.63, 3.8) is 0 Å². The quantitative estimate of drug-likeness (QED) is 0.864. The van der Waals surface area contributed by atoms with Gasteiger partial charge in [-0.2, -0.15) is 0 Å². The number of likely N-dealkylation sites (tertiary alicyclic amines) is 1. The topological polar surface area (TPSA) is 58.6 Å². The maximum Gasteiger partial charge on any atom is 0.335 e. The second kappa shape index (κ2) is 6.36. The van der Waals surface area contributed by atoms with Crippen LogP contribution in [-0.4, -0.2) is 42.0 Å². The van der Waals surface area contributed by atoms with E-state index in [2.05, 4.69) is 17.1 Å². The summed E-state index contributed by atoms with van der Waals surface area (Å²) in [5.74, 6) is -1.43. The van der Waals surface area contributed by atoms with Gasteiger partial charge in [0.05, 0.1) is 11.3 Å². The molecule has 1 fully saturated rings. The zero-order valence-electron chi connectivity index (χ0n) is 13.9. The molecule has 24 heavy (non-hydrogen) atoms. The highest BCUT2D eigenvalue weighted by Crippen LogP contribution is 2.41. The fourth-order valence-electron chi connectivity index (χ4n) is 3.46. The van der Waals surface area contributed by atoms with Gasteiger partial charge < -0.3 is 15.0 Å². The van der Waals surface area contributed by atoms with Crippen molar-refractivity contribution in [2.45, 2.75) is 32.3 Å². The first kappa shape index (κ1) is 16.6. The van der Waals surface area contributed by atoms with Crippen LogP contribution in [0.25, 0.3) is 0 Å². The number of benzene rings is 1. The number of hydrogen-bond acceptors (Lipinski definition) is 4. The molecular formula is C18H21FN2O3. The van der Waals surface area contributed by atoms with E-state index in [-0.39, 0.29) is 5.69 Å². The molecule has 6 heteroatoms. The number of halogens is 1. The molecule has 0 aromatic heterocycles. The van der Waals surface area contributed by atoms with Crippen LogP contribution in [0.15, 0.2) is 35.4 Å². The number of carbonyl (C=O) groups is 2. The van der Waals surface area contributed by atoms with Crippen LogP contribution in [0.2, 0.25) is 0 Å². The van der Waals surface area contributed by atoms with E-state index in [0.717, 1.165) is 19.6 Å². The number of anilines is 1. The molecule has 1 aromatic carbocycles. The number of nitrogens with one attached hydrogen (secondary N) is 1. The highest BCUT2D eigenvalue weighted by Gasteiger charge is 2.50. The normalized spacial score (nSPS) is 20.4. The minimum absolute atomic E-state index is 0.100. The maximum atomic E-state index is 13.8. The van der Waals surface area contributed by atoms with Crippen LogP contribution in [0.3, 0.4) is 0 Å². The van der Waals surface area contributed by atoms with E-state index in [4.69, 9.17) is 4.74 Å². The summed E-state index contributed by atoms with van der Waals surface area (Å²) < 4.78 is 19.4. The van der Waals surface area contributed by atoms with Gasteiger partial charge in [-0.25, -0.2) is 9.18 Å². The first-order chi connectivity index (χ1) is 11.5. The lowest BCUT2D eigenvalue weighted by molar-refractivity contribution is -0.150. The van der Waals surface area contributed by atoms with Crippen molar-refractivity contribution in [1.82, 2.24) is 4.90 Å². The molecule has 5 nitrogen and oxygen atoms in total. The van der Waals surface area contributed by atoms with Gasteiger partial charge in [-0.05, 0) is 25.6 Å². The van der Waals surface area contributed by atoms with Crippen molar-refractivity contribution in [1.29, 1.82) is 0 Å². The van der Waals surface area contributed by atoms with Crippen LogP contribution in [0.5, 0.6) is 0 Å². The number of amides is 1. The average Bonchev–Trinajstić information content (AvgIpc) is 2.81. The number of piperidine rings is 1. The molecule has 1 saturated heterocycles. The second-order valence-corrected chi connectivity index (χ2v) is 6.25. The van der Waals surface area contributed by atoms with E-state index in [1.807, 2.05) is 0 Å². The SMILES string of the molecule is CCN1CCC2(CC1)OC(=O)C(C)=C2C(=O)Nc1ccccc1F. The molecule has 0 bridgehead atoms. The van der Waals surface area contributed by atoms with E-state index in [9.17, 15) is 14.0 Å². The number of ether oxygens (including phenoxy) is 1. The second-order valence-electron chi connectivity index (χ2n) is 6.25. The summed E-state index contributed by atoms with van der Waals surface area (Å²) in [5, 5.41) is 2.58. The fraction of sp³-hybridized carbons (Fsp3) is 0.444. The van der Waals surface area contributed by atoms with Gasteiger partial charge in [-0.1, -0.05) is 19.1 Å². The molecule has 3 rings (SSSR count). The predicted octanol–water partition coefficient (Wildman–Crippen LogP) is 2.49. The lowest BCUT2D eigenvalue weighted by atomic mass is 9.82. The molecule has 128 valence electrons. The average molecular weight is 332 g/mol. The Morgan fingerprint density at radius 1 is 1.33 bits per heavy atom. The Labute approximate surface area is 140 Å². The van der Waals surface area contributed by atoms with Crippen LogP contribution in [0.1, 0.15) is 26.7 Å². The number of carbonyl (C=O) groups excluding carboxylic acids is 2. The molecule has 1 aromatic rings. The maximum absolute atomic E-state index is 13.8. The minimum Gasteiger partial charge on any atom is -0.450 e. The molecule has 2 aliphatic rings. The molecule has 2 heterocycles.